The van der Waals surface area contributed by atoms with Gasteiger partial charge >= 0.3 is 12.2 Å². The van der Waals surface area contributed by atoms with E-state index in [0.29, 0.717) is 44.4 Å². The Labute approximate surface area is 383 Å². The third kappa shape index (κ3) is 7.79. The van der Waals surface area contributed by atoms with Crippen LogP contribution in [0.4, 0.5) is 9.59 Å². The van der Waals surface area contributed by atoms with Gasteiger partial charge in [-0.1, -0.05) is 44.9 Å². The molecule has 16 heteroatoms. The van der Waals surface area contributed by atoms with Crippen molar-refractivity contribution in [1.29, 1.82) is 0 Å². The summed E-state index contributed by atoms with van der Waals surface area (Å²) in [6.07, 6.45) is 8.18. The summed E-state index contributed by atoms with van der Waals surface area (Å²) in [5, 5.41) is 7.69. The molecule has 5 aliphatic rings. The second kappa shape index (κ2) is 17.9. The van der Waals surface area contributed by atoms with Crippen LogP contribution in [0, 0.1) is 17.8 Å². The number of rotatable bonds is 10. The molecule has 5 aromatic rings. The van der Waals surface area contributed by atoms with Gasteiger partial charge in [0.05, 0.1) is 49.2 Å². The number of aromatic amines is 2. The van der Waals surface area contributed by atoms with E-state index in [1.165, 1.54) is 14.2 Å². The first-order chi connectivity index (χ1) is 32.0. The molecule has 0 bridgehead atoms. The lowest BCUT2D eigenvalue weighted by molar-refractivity contribution is -0.139. The van der Waals surface area contributed by atoms with Crippen LogP contribution >= 0.6 is 0 Å². The summed E-state index contributed by atoms with van der Waals surface area (Å²) in [5.74, 6) is 2.31. The molecule has 348 valence electrons. The zero-order valence-corrected chi connectivity index (χ0v) is 38.4. The summed E-state index contributed by atoms with van der Waals surface area (Å²) in [6, 6.07) is 13.0. The van der Waals surface area contributed by atoms with E-state index in [0.717, 1.165) is 106 Å². The first-order valence-electron chi connectivity index (χ1n) is 23.7. The standard InChI is InChI=1S/C50H60N8O8/c1-6-26(2)42(55-49(61)63-4)47(59)58-38-9-7-8-31(38)22-40(58)46-52-36-14-12-29-21-35-33-13-11-30(20-32(33)25-66-41(35)23-34(29)44(36)54-46)37-24-51-45(53-37)39-15-10-27(3)57(39)48(60)43(56-50(62)64-5)28-16-18-65-19-17-28/h11-14,20-21,23-24,26-28,31,38-40,42-43H,6-10,15-19,22,25H2,1-5H3,(H,51,53)(H,52,54)(H,55,61)(H,56,62). The van der Waals surface area contributed by atoms with Crippen LogP contribution < -0.4 is 15.4 Å². The SMILES string of the molecule is CCC(C)C(NC(=O)OC)C(=O)N1C(c2nc3c(ccc4cc5c(cc43)OCc3cc(-c4cnc(C6CCC(C)N6C(=O)C(NC(=O)OC)C6CCOCC6)[nH]4)ccc3-5)[nH]2)CC2CCCC21. The number of ether oxygens (including phenoxy) is 4. The number of hydrogen-bond acceptors (Lipinski definition) is 10. The monoisotopic (exact) mass is 900 g/mol. The van der Waals surface area contributed by atoms with E-state index in [1.54, 1.807) is 0 Å². The third-order valence-corrected chi connectivity index (χ3v) is 15.3. The highest BCUT2D eigenvalue weighted by molar-refractivity contribution is 6.07. The molecule has 3 aromatic carbocycles. The number of hydrogen-bond donors (Lipinski definition) is 4. The number of likely N-dealkylation sites (tertiary alicyclic amines) is 2. The Balaban J connectivity index is 0.906. The van der Waals surface area contributed by atoms with E-state index in [1.807, 2.05) is 29.8 Å². The Morgan fingerprint density at radius 1 is 0.864 bits per heavy atom. The zero-order valence-electron chi connectivity index (χ0n) is 38.4. The molecule has 16 nitrogen and oxygen atoms in total. The maximum Gasteiger partial charge on any atom is 0.407 e. The van der Waals surface area contributed by atoms with E-state index in [4.69, 9.17) is 28.9 Å². The van der Waals surface area contributed by atoms with Crippen LogP contribution in [0.1, 0.15) is 108 Å². The van der Waals surface area contributed by atoms with Crippen LogP contribution in [0.3, 0.4) is 0 Å². The smallest absolute Gasteiger partial charge is 0.407 e. The second-order valence-electron chi connectivity index (χ2n) is 19.0. The predicted octanol–water partition coefficient (Wildman–Crippen LogP) is 8.08. The number of H-pyrrole nitrogens is 2. The number of nitrogens with zero attached hydrogens (tertiary/aromatic N) is 4. The summed E-state index contributed by atoms with van der Waals surface area (Å²) in [4.78, 5) is 74.8. The van der Waals surface area contributed by atoms with Gasteiger partial charge in [0.25, 0.3) is 0 Å². The molecule has 66 heavy (non-hydrogen) atoms. The number of carbonyl (C=O) groups is 4. The van der Waals surface area contributed by atoms with E-state index >= 15 is 0 Å². The molecule has 4 amide bonds. The lowest BCUT2D eigenvalue weighted by atomic mass is 9.90. The topological polar surface area (TPSA) is 193 Å². The molecule has 0 spiro atoms. The maximum absolute atomic E-state index is 14.5. The summed E-state index contributed by atoms with van der Waals surface area (Å²) in [6.45, 7) is 7.55. The number of aromatic nitrogens is 4. The van der Waals surface area contributed by atoms with Crippen molar-refractivity contribution in [3.63, 3.8) is 0 Å². The van der Waals surface area contributed by atoms with Gasteiger partial charge in [-0.25, -0.2) is 19.6 Å². The minimum Gasteiger partial charge on any atom is -0.488 e. The molecule has 8 atom stereocenters. The van der Waals surface area contributed by atoms with Gasteiger partial charge in [0.1, 0.15) is 36.1 Å². The van der Waals surface area contributed by atoms with Crippen LogP contribution in [0.25, 0.3) is 44.2 Å². The Morgan fingerprint density at radius 2 is 1.67 bits per heavy atom. The number of benzene rings is 3. The van der Waals surface area contributed by atoms with E-state index in [2.05, 4.69) is 70.0 Å². The summed E-state index contributed by atoms with van der Waals surface area (Å²) in [7, 11) is 2.64. The lowest BCUT2D eigenvalue weighted by Gasteiger charge is -2.36. The number of fused-ring (bicyclic) bond motifs is 7. The molecule has 1 saturated carbocycles. The molecule has 4 aliphatic heterocycles. The van der Waals surface area contributed by atoms with Crippen molar-refractivity contribution in [3.05, 3.63) is 65.9 Å². The Morgan fingerprint density at radius 3 is 2.45 bits per heavy atom. The van der Waals surface area contributed by atoms with Crippen LogP contribution in [0.2, 0.25) is 0 Å². The van der Waals surface area contributed by atoms with Crippen molar-refractivity contribution in [2.45, 2.75) is 121 Å². The van der Waals surface area contributed by atoms with Gasteiger partial charge < -0.3 is 49.3 Å². The highest BCUT2D eigenvalue weighted by Gasteiger charge is 2.50. The van der Waals surface area contributed by atoms with Crippen molar-refractivity contribution >= 4 is 45.8 Å². The molecule has 0 radical (unpaired) electrons. The number of nitrogens with one attached hydrogen (secondary N) is 4. The number of amides is 4. The van der Waals surface area contributed by atoms with E-state index < -0.39 is 24.3 Å². The number of imidazole rings is 2. The van der Waals surface area contributed by atoms with Crippen molar-refractivity contribution in [1.82, 2.24) is 40.4 Å². The van der Waals surface area contributed by atoms with Gasteiger partial charge in [0, 0.05) is 36.2 Å². The van der Waals surface area contributed by atoms with Gasteiger partial charge in [-0.15, -0.1) is 0 Å². The lowest BCUT2D eigenvalue weighted by Crippen LogP contribution is -2.54. The molecule has 4 N–H and O–H groups in total. The van der Waals surface area contributed by atoms with Gasteiger partial charge in [-0.3, -0.25) is 9.59 Å². The normalized spacial score (nSPS) is 24.0. The molecular weight excluding hydrogens is 841 g/mol. The fourth-order valence-corrected chi connectivity index (χ4v) is 11.6. The molecule has 6 heterocycles. The summed E-state index contributed by atoms with van der Waals surface area (Å²) < 4.78 is 21.9. The highest BCUT2D eigenvalue weighted by atomic mass is 16.5. The fourth-order valence-electron chi connectivity index (χ4n) is 11.6. The molecular formula is C50H60N8O8. The first-order valence-corrected chi connectivity index (χ1v) is 23.7. The van der Waals surface area contributed by atoms with Crippen molar-refractivity contribution in [2.75, 3.05) is 27.4 Å². The van der Waals surface area contributed by atoms with Crippen LogP contribution in [0.15, 0.2) is 48.7 Å². The largest absolute Gasteiger partial charge is 0.488 e. The van der Waals surface area contributed by atoms with Crippen LogP contribution in [-0.2, 0) is 30.4 Å². The van der Waals surface area contributed by atoms with E-state index in [-0.39, 0.29) is 47.8 Å². The Bertz CT molecular complexity index is 2670. The van der Waals surface area contributed by atoms with Crippen LogP contribution in [-0.4, -0.2) is 105 Å². The summed E-state index contributed by atoms with van der Waals surface area (Å²) >= 11 is 0. The van der Waals surface area contributed by atoms with Crippen molar-refractivity contribution in [2.24, 2.45) is 17.8 Å². The highest BCUT2D eigenvalue weighted by Crippen LogP contribution is 2.49. The molecule has 1 aliphatic carbocycles. The van der Waals surface area contributed by atoms with Crippen molar-refractivity contribution in [3.8, 4) is 28.1 Å². The molecule has 10 rings (SSSR count). The first kappa shape index (κ1) is 43.7. The van der Waals surface area contributed by atoms with Gasteiger partial charge in [-0.05, 0) is 116 Å². The predicted molar refractivity (Wildman–Crippen MR) is 246 cm³/mol. The average Bonchev–Trinajstić information content (AvgIpc) is 4.20. The summed E-state index contributed by atoms with van der Waals surface area (Å²) in [5.41, 5.74) is 6.66. The Kier molecular flexibility index (Phi) is 11.9. The molecule has 4 fully saturated rings. The minimum absolute atomic E-state index is 0.0280. The third-order valence-electron chi connectivity index (χ3n) is 15.3. The Hall–Kier alpha value is -6.16. The maximum atomic E-state index is 14.5. The number of methoxy groups -OCH3 is 2. The second-order valence-corrected chi connectivity index (χ2v) is 19.0. The number of carbonyl (C=O) groups excluding carboxylic acids is 4. The minimum atomic E-state index is -0.714. The average molecular weight is 901 g/mol. The molecule has 2 aromatic heterocycles. The van der Waals surface area contributed by atoms with Crippen LogP contribution in [0.5, 0.6) is 5.75 Å². The number of alkyl carbamates (subject to hydrolysis) is 2. The quantitative estimate of drug-likeness (QED) is 0.107. The van der Waals surface area contributed by atoms with E-state index in [9.17, 15) is 19.2 Å². The van der Waals surface area contributed by atoms with Crippen molar-refractivity contribution < 1.29 is 38.1 Å². The van der Waals surface area contributed by atoms with Gasteiger partial charge in [0.2, 0.25) is 11.8 Å². The molecule has 8 unspecified atom stereocenters. The van der Waals surface area contributed by atoms with Gasteiger partial charge in [-0.2, -0.15) is 0 Å². The zero-order chi connectivity index (χ0) is 45.8. The fraction of sp³-hybridized carbons (Fsp3) is 0.520. The molecule has 3 saturated heterocycles. The van der Waals surface area contributed by atoms with Gasteiger partial charge in [0.15, 0.2) is 0 Å².